The van der Waals surface area contributed by atoms with Gasteiger partial charge in [-0.25, -0.2) is 18.0 Å². The number of aryl methyl sites for hydroxylation is 1. The highest BCUT2D eigenvalue weighted by Gasteiger charge is 2.22. The molecule has 0 aliphatic heterocycles. The number of carboxylic acid groups (broad SMARTS) is 1. The zero-order valence-corrected chi connectivity index (χ0v) is 11.4. The monoisotopic (exact) mass is 304 g/mol. The van der Waals surface area contributed by atoms with E-state index in [-0.39, 0.29) is 16.7 Å². The SMILES string of the molecule is O=C(O)c1ccc2c(c1)C(c1c(F)cc(F)cc1F)=CCC2. The second-order valence-corrected chi connectivity index (χ2v) is 5.08. The maximum atomic E-state index is 14.0. The van der Waals surface area contributed by atoms with E-state index >= 15 is 0 Å². The van der Waals surface area contributed by atoms with Gasteiger partial charge in [0.2, 0.25) is 0 Å². The van der Waals surface area contributed by atoms with Gasteiger partial charge in [-0.05, 0) is 41.7 Å². The first-order valence-corrected chi connectivity index (χ1v) is 6.69. The van der Waals surface area contributed by atoms with Gasteiger partial charge >= 0.3 is 5.97 Å². The Morgan fingerprint density at radius 1 is 1.05 bits per heavy atom. The van der Waals surface area contributed by atoms with E-state index in [4.69, 9.17) is 5.11 Å². The van der Waals surface area contributed by atoms with Crippen LogP contribution >= 0.6 is 0 Å². The first-order valence-electron chi connectivity index (χ1n) is 6.69. The topological polar surface area (TPSA) is 37.3 Å². The number of benzene rings is 2. The molecule has 0 heterocycles. The Hall–Kier alpha value is -2.56. The summed E-state index contributed by atoms with van der Waals surface area (Å²) in [6, 6.07) is 5.74. The largest absolute Gasteiger partial charge is 0.478 e. The van der Waals surface area contributed by atoms with E-state index in [0.717, 1.165) is 5.56 Å². The van der Waals surface area contributed by atoms with Crippen molar-refractivity contribution in [2.45, 2.75) is 12.8 Å². The van der Waals surface area contributed by atoms with Crippen molar-refractivity contribution in [1.29, 1.82) is 0 Å². The number of hydrogen-bond donors (Lipinski definition) is 1. The summed E-state index contributed by atoms with van der Waals surface area (Å²) in [6.45, 7) is 0. The minimum Gasteiger partial charge on any atom is -0.478 e. The molecule has 0 atom stereocenters. The van der Waals surface area contributed by atoms with Gasteiger partial charge in [0, 0.05) is 12.1 Å². The van der Waals surface area contributed by atoms with Gasteiger partial charge in [-0.15, -0.1) is 0 Å². The van der Waals surface area contributed by atoms with E-state index in [9.17, 15) is 18.0 Å². The molecule has 0 saturated heterocycles. The van der Waals surface area contributed by atoms with Crippen molar-refractivity contribution < 1.29 is 23.1 Å². The van der Waals surface area contributed by atoms with Gasteiger partial charge in [0.05, 0.1) is 11.1 Å². The Kier molecular flexibility index (Phi) is 3.48. The Morgan fingerprint density at radius 3 is 2.36 bits per heavy atom. The molecule has 112 valence electrons. The Labute approximate surface area is 124 Å². The average molecular weight is 304 g/mol. The molecular weight excluding hydrogens is 293 g/mol. The number of rotatable bonds is 2. The summed E-state index contributed by atoms with van der Waals surface area (Å²) in [5.41, 5.74) is 1.25. The molecular formula is C17H11F3O2. The van der Waals surface area contributed by atoms with E-state index < -0.39 is 23.4 Å². The van der Waals surface area contributed by atoms with Crippen LogP contribution < -0.4 is 0 Å². The Balaban J connectivity index is 2.21. The van der Waals surface area contributed by atoms with E-state index in [1.807, 2.05) is 0 Å². The lowest BCUT2D eigenvalue weighted by Gasteiger charge is -2.19. The number of carboxylic acids is 1. The quantitative estimate of drug-likeness (QED) is 0.903. The van der Waals surface area contributed by atoms with Crippen LogP contribution in [0.1, 0.15) is 33.5 Å². The standard InChI is InChI=1S/C17H11F3O2/c18-11-7-14(19)16(15(20)8-11)12-3-1-2-9-4-5-10(17(21)22)6-13(9)12/h3-8H,1-2H2,(H,21,22). The molecule has 3 rings (SSSR count). The molecule has 0 saturated carbocycles. The van der Waals surface area contributed by atoms with Crippen molar-refractivity contribution in [2.75, 3.05) is 0 Å². The summed E-state index contributed by atoms with van der Waals surface area (Å²) in [5, 5.41) is 9.07. The fraction of sp³-hybridized carbons (Fsp3) is 0.118. The van der Waals surface area contributed by atoms with Crippen molar-refractivity contribution >= 4 is 11.5 Å². The van der Waals surface area contributed by atoms with E-state index in [2.05, 4.69) is 0 Å². The van der Waals surface area contributed by atoms with Crippen LogP contribution in [0.4, 0.5) is 13.2 Å². The molecule has 0 fully saturated rings. The highest BCUT2D eigenvalue weighted by molar-refractivity contribution is 5.91. The maximum Gasteiger partial charge on any atom is 0.335 e. The minimum atomic E-state index is -1.12. The lowest BCUT2D eigenvalue weighted by Crippen LogP contribution is -2.07. The van der Waals surface area contributed by atoms with Crippen LogP contribution in [0.15, 0.2) is 36.4 Å². The summed E-state index contributed by atoms with van der Waals surface area (Å²) in [5.74, 6) is -4.11. The first-order chi connectivity index (χ1) is 10.5. The molecule has 0 amide bonds. The number of fused-ring (bicyclic) bond motifs is 1. The van der Waals surface area contributed by atoms with Crippen LogP contribution in [-0.2, 0) is 6.42 Å². The molecule has 0 spiro atoms. The number of halogens is 3. The zero-order chi connectivity index (χ0) is 15.9. The summed E-state index contributed by atoms with van der Waals surface area (Å²) >= 11 is 0. The fourth-order valence-electron chi connectivity index (χ4n) is 2.70. The van der Waals surface area contributed by atoms with Gasteiger partial charge in [-0.2, -0.15) is 0 Å². The second kappa shape index (κ2) is 5.33. The summed E-state index contributed by atoms with van der Waals surface area (Å²) in [6.07, 6.45) is 2.88. The summed E-state index contributed by atoms with van der Waals surface area (Å²) in [7, 11) is 0. The molecule has 2 aromatic rings. The Morgan fingerprint density at radius 2 is 1.73 bits per heavy atom. The summed E-state index contributed by atoms with van der Waals surface area (Å²) < 4.78 is 41.1. The highest BCUT2D eigenvalue weighted by Crippen LogP contribution is 2.35. The maximum absolute atomic E-state index is 14.0. The summed E-state index contributed by atoms with van der Waals surface area (Å²) in [4.78, 5) is 11.1. The predicted molar refractivity (Wildman–Crippen MR) is 75.1 cm³/mol. The third-order valence-corrected chi connectivity index (χ3v) is 3.69. The molecule has 0 unspecified atom stereocenters. The van der Waals surface area contributed by atoms with Gasteiger partial charge in [0.25, 0.3) is 0 Å². The number of aromatic carboxylic acids is 1. The lowest BCUT2D eigenvalue weighted by atomic mass is 9.85. The van der Waals surface area contributed by atoms with Crippen LogP contribution in [0.5, 0.6) is 0 Å². The number of allylic oxidation sites excluding steroid dienone is 1. The average Bonchev–Trinajstić information content (AvgIpc) is 2.45. The van der Waals surface area contributed by atoms with Crippen LogP contribution in [0.2, 0.25) is 0 Å². The van der Waals surface area contributed by atoms with Crippen molar-refractivity contribution in [3.05, 3.63) is 76.1 Å². The van der Waals surface area contributed by atoms with Gasteiger partial charge in [0.1, 0.15) is 17.5 Å². The molecule has 5 heteroatoms. The molecule has 1 aliphatic carbocycles. The molecule has 0 bridgehead atoms. The van der Waals surface area contributed by atoms with Crippen LogP contribution in [0.3, 0.4) is 0 Å². The van der Waals surface area contributed by atoms with Crippen molar-refractivity contribution in [3.63, 3.8) is 0 Å². The molecule has 2 aromatic carbocycles. The van der Waals surface area contributed by atoms with Gasteiger partial charge in [-0.3, -0.25) is 0 Å². The number of carbonyl (C=O) groups is 1. The predicted octanol–water partition coefficient (Wildman–Crippen LogP) is 4.18. The number of hydrogen-bond acceptors (Lipinski definition) is 1. The highest BCUT2D eigenvalue weighted by atomic mass is 19.1. The van der Waals surface area contributed by atoms with E-state index in [0.29, 0.717) is 30.5 Å². The molecule has 0 aromatic heterocycles. The van der Waals surface area contributed by atoms with Crippen LogP contribution in [0, 0.1) is 17.5 Å². The van der Waals surface area contributed by atoms with Crippen LogP contribution in [-0.4, -0.2) is 11.1 Å². The zero-order valence-electron chi connectivity index (χ0n) is 11.4. The smallest absolute Gasteiger partial charge is 0.335 e. The fourth-order valence-corrected chi connectivity index (χ4v) is 2.70. The van der Waals surface area contributed by atoms with Gasteiger partial charge in [-0.1, -0.05) is 12.1 Å². The third kappa shape index (κ3) is 2.39. The molecule has 2 nitrogen and oxygen atoms in total. The molecule has 1 aliphatic rings. The lowest BCUT2D eigenvalue weighted by molar-refractivity contribution is 0.0697. The van der Waals surface area contributed by atoms with Crippen molar-refractivity contribution in [2.24, 2.45) is 0 Å². The van der Waals surface area contributed by atoms with Crippen LogP contribution in [0.25, 0.3) is 5.57 Å². The van der Waals surface area contributed by atoms with Gasteiger partial charge < -0.3 is 5.11 Å². The second-order valence-electron chi connectivity index (χ2n) is 5.08. The Bertz CT molecular complexity index is 787. The van der Waals surface area contributed by atoms with E-state index in [1.165, 1.54) is 12.1 Å². The molecule has 0 radical (unpaired) electrons. The van der Waals surface area contributed by atoms with Crippen molar-refractivity contribution in [3.8, 4) is 0 Å². The third-order valence-electron chi connectivity index (χ3n) is 3.69. The molecule has 1 N–H and O–H groups in total. The molecule has 22 heavy (non-hydrogen) atoms. The first kappa shape index (κ1) is 14.4. The van der Waals surface area contributed by atoms with Gasteiger partial charge in [0.15, 0.2) is 0 Å². The van der Waals surface area contributed by atoms with E-state index in [1.54, 1.807) is 12.1 Å². The minimum absolute atomic E-state index is 0.0366. The normalized spacial score (nSPS) is 13.5. The van der Waals surface area contributed by atoms with Crippen molar-refractivity contribution in [1.82, 2.24) is 0 Å².